The summed E-state index contributed by atoms with van der Waals surface area (Å²) in [7, 11) is 1.67. The summed E-state index contributed by atoms with van der Waals surface area (Å²) in [6.07, 6.45) is 6.01. The molecule has 1 aromatic rings. The topological polar surface area (TPSA) is 44.5 Å². The molecule has 0 saturated heterocycles. The maximum atomic E-state index is 6.23. The second-order valence-electron chi connectivity index (χ2n) is 4.98. The number of fused-ring (bicyclic) bond motifs is 1. The number of benzene rings is 1. The Balaban J connectivity index is 2.04. The van der Waals surface area contributed by atoms with Crippen LogP contribution in [-0.4, -0.2) is 13.2 Å². The first-order valence-corrected chi connectivity index (χ1v) is 6.84. The van der Waals surface area contributed by atoms with Gasteiger partial charge in [0, 0.05) is 18.0 Å². The lowest BCUT2D eigenvalue weighted by molar-refractivity contribution is 0.146. The molecule has 0 aromatic heterocycles. The Hall–Kier alpha value is -1.22. The van der Waals surface area contributed by atoms with Crippen molar-refractivity contribution in [1.29, 1.82) is 0 Å². The van der Waals surface area contributed by atoms with Crippen LogP contribution in [0.15, 0.2) is 18.2 Å². The number of methoxy groups -OCH3 is 1. The highest BCUT2D eigenvalue weighted by Gasteiger charge is 2.25. The van der Waals surface area contributed by atoms with Gasteiger partial charge in [-0.3, -0.25) is 0 Å². The second-order valence-corrected chi connectivity index (χ2v) is 4.98. The summed E-state index contributed by atoms with van der Waals surface area (Å²) >= 11 is 0. The SMILES string of the molecule is CCCCCC1C[C@@H](N)c2cc(OC)ccc2O1. The smallest absolute Gasteiger partial charge is 0.124 e. The Bertz CT molecular complexity index is 392. The summed E-state index contributed by atoms with van der Waals surface area (Å²) in [5.41, 5.74) is 7.30. The Kier molecular flexibility index (Phi) is 4.48. The lowest BCUT2D eigenvalue weighted by Gasteiger charge is -2.30. The first kappa shape index (κ1) is 13.2. The molecule has 0 saturated carbocycles. The summed E-state index contributed by atoms with van der Waals surface area (Å²) in [5.74, 6) is 1.77. The predicted molar refractivity (Wildman–Crippen MR) is 73.1 cm³/mol. The van der Waals surface area contributed by atoms with Gasteiger partial charge >= 0.3 is 0 Å². The minimum atomic E-state index is 0.0653. The van der Waals surface area contributed by atoms with Crippen LogP contribution in [0.1, 0.15) is 50.6 Å². The molecule has 2 rings (SSSR count). The molecule has 0 fully saturated rings. The van der Waals surface area contributed by atoms with Crippen molar-refractivity contribution >= 4 is 0 Å². The molecule has 3 nitrogen and oxygen atoms in total. The van der Waals surface area contributed by atoms with Crippen LogP contribution >= 0.6 is 0 Å². The van der Waals surface area contributed by atoms with Gasteiger partial charge in [0.15, 0.2) is 0 Å². The molecule has 2 atom stereocenters. The number of ether oxygens (including phenoxy) is 2. The molecule has 3 heteroatoms. The summed E-state index contributed by atoms with van der Waals surface area (Å²) in [6.45, 7) is 2.22. The van der Waals surface area contributed by atoms with Crippen LogP contribution in [0.2, 0.25) is 0 Å². The van der Waals surface area contributed by atoms with E-state index < -0.39 is 0 Å². The van der Waals surface area contributed by atoms with Crippen molar-refractivity contribution in [3.8, 4) is 11.5 Å². The molecule has 1 aliphatic rings. The molecule has 0 radical (unpaired) electrons. The fraction of sp³-hybridized carbons (Fsp3) is 0.600. The molecule has 0 aliphatic carbocycles. The van der Waals surface area contributed by atoms with E-state index in [1.54, 1.807) is 7.11 Å². The van der Waals surface area contributed by atoms with E-state index in [0.29, 0.717) is 0 Å². The van der Waals surface area contributed by atoms with Gasteiger partial charge in [-0.1, -0.05) is 19.8 Å². The van der Waals surface area contributed by atoms with Gasteiger partial charge in [-0.2, -0.15) is 0 Å². The van der Waals surface area contributed by atoms with Crippen molar-refractivity contribution in [1.82, 2.24) is 0 Å². The lowest BCUT2D eigenvalue weighted by Crippen LogP contribution is -2.29. The molecule has 1 unspecified atom stereocenters. The quantitative estimate of drug-likeness (QED) is 0.813. The normalized spacial score (nSPS) is 22.2. The third-order valence-electron chi connectivity index (χ3n) is 3.56. The Morgan fingerprint density at radius 1 is 1.39 bits per heavy atom. The molecule has 18 heavy (non-hydrogen) atoms. The van der Waals surface area contributed by atoms with E-state index in [1.807, 2.05) is 18.2 Å². The van der Waals surface area contributed by atoms with Gasteiger partial charge in [0.1, 0.15) is 17.6 Å². The molecule has 2 N–H and O–H groups in total. The first-order valence-electron chi connectivity index (χ1n) is 6.84. The van der Waals surface area contributed by atoms with E-state index in [2.05, 4.69) is 6.92 Å². The van der Waals surface area contributed by atoms with Crippen LogP contribution in [0.4, 0.5) is 0 Å². The fourth-order valence-electron chi connectivity index (χ4n) is 2.49. The van der Waals surface area contributed by atoms with Crippen LogP contribution in [0.25, 0.3) is 0 Å². The molecule has 1 heterocycles. The van der Waals surface area contributed by atoms with Gasteiger partial charge in [0.05, 0.1) is 7.11 Å². The number of unbranched alkanes of at least 4 members (excludes halogenated alkanes) is 2. The predicted octanol–water partition coefficient (Wildman–Crippen LogP) is 3.43. The summed E-state index contributed by atoms with van der Waals surface area (Å²) < 4.78 is 11.2. The highest BCUT2D eigenvalue weighted by atomic mass is 16.5. The zero-order chi connectivity index (χ0) is 13.0. The van der Waals surface area contributed by atoms with E-state index in [0.717, 1.165) is 29.9 Å². The summed E-state index contributed by atoms with van der Waals surface area (Å²) in [4.78, 5) is 0. The van der Waals surface area contributed by atoms with Gasteiger partial charge in [-0.25, -0.2) is 0 Å². The van der Waals surface area contributed by atoms with Crippen LogP contribution < -0.4 is 15.2 Å². The van der Waals surface area contributed by atoms with E-state index in [-0.39, 0.29) is 12.1 Å². The van der Waals surface area contributed by atoms with Crippen molar-refractivity contribution < 1.29 is 9.47 Å². The van der Waals surface area contributed by atoms with Gasteiger partial charge in [-0.05, 0) is 31.0 Å². The maximum absolute atomic E-state index is 6.23. The van der Waals surface area contributed by atoms with Gasteiger partial charge in [0.25, 0.3) is 0 Å². The van der Waals surface area contributed by atoms with Crippen LogP contribution in [0, 0.1) is 0 Å². The van der Waals surface area contributed by atoms with Crippen LogP contribution in [-0.2, 0) is 0 Å². The number of hydrogen-bond acceptors (Lipinski definition) is 3. The van der Waals surface area contributed by atoms with E-state index in [9.17, 15) is 0 Å². The Morgan fingerprint density at radius 2 is 2.22 bits per heavy atom. The lowest BCUT2D eigenvalue weighted by atomic mass is 9.94. The van der Waals surface area contributed by atoms with E-state index >= 15 is 0 Å². The molecule has 100 valence electrons. The largest absolute Gasteiger partial charge is 0.497 e. The Labute approximate surface area is 109 Å². The van der Waals surface area contributed by atoms with Gasteiger partial charge < -0.3 is 15.2 Å². The van der Waals surface area contributed by atoms with Gasteiger partial charge in [0.2, 0.25) is 0 Å². The molecule has 1 aromatic carbocycles. The molecular weight excluding hydrogens is 226 g/mol. The van der Waals surface area contributed by atoms with Crippen molar-refractivity contribution in [3.63, 3.8) is 0 Å². The maximum Gasteiger partial charge on any atom is 0.124 e. The molecule has 1 aliphatic heterocycles. The minimum Gasteiger partial charge on any atom is -0.497 e. The molecular formula is C15H23NO2. The van der Waals surface area contributed by atoms with Crippen LogP contribution in [0.5, 0.6) is 11.5 Å². The number of rotatable bonds is 5. The second kappa shape index (κ2) is 6.10. The number of hydrogen-bond donors (Lipinski definition) is 1. The third kappa shape index (κ3) is 2.96. The molecule has 0 bridgehead atoms. The number of nitrogens with two attached hydrogens (primary N) is 1. The first-order chi connectivity index (χ1) is 8.74. The third-order valence-corrected chi connectivity index (χ3v) is 3.56. The Morgan fingerprint density at radius 3 is 2.94 bits per heavy atom. The molecule has 0 spiro atoms. The zero-order valence-corrected chi connectivity index (χ0v) is 11.3. The highest BCUT2D eigenvalue weighted by Crippen LogP contribution is 2.36. The monoisotopic (exact) mass is 249 g/mol. The van der Waals surface area contributed by atoms with Crippen molar-refractivity contribution in [2.45, 2.75) is 51.2 Å². The van der Waals surface area contributed by atoms with Crippen LogP contribution in [0.3, 0.4) is 0 Å². The van der Waals surface area contributed by atoms with Crippen molar-refractivity contribution in [2.75, 3.05) is 7.11 Å². The average Bonchev–Trinajstić information content (AvgIpc) is 2.39. The van der Waals surface area contributed by atoms with E-state index in [4.69, 9.17) is 15.2 Å². The molecule has 0 amide bonds. The fourth-order valence-corrected chi connectivity index (χ4v) is 2.49. The minimum absolute atomic E-state index is 0.0653. The van der Waals surface area contributed by atoms with E-state index in [1.165, 1.54) is 19.3 Å². The van der Waals surface area contributed by atoms with Crippen molar-refractivity contribution in [3.05, 3.63) is 23.8 Å². The standard InChI is InChI=1S/C15H23NO2/c1-3-4-5-6-12-10-14(16)13-9-11(17-2)7-8-15(13)18-12/h7-9,12,14H,3-6,10,16H2,1-2H3/t12?,14-/m1/s1. The summed E-state index contributed by atoms with van der Waals surface area (Å²) in [6, 6.07) is 5.96. The van der Waals surface area contributed by atoms with Gasteiger partial charge in [-0.15, -0.1) is 0 Å². The average molecular weight is 249 g/mol. The zero-order valence-electron chi connectivity index (χ0n) is 11.3. The van der Waals surface area contributed by atoms with Crippen molar-refractivity contribution in [2.24, 2.45) is 5.73 Å². The highest BCUT2D eigenvalue weighted by molar-refractivity contribution is 5.43. The summed E-state index contributed by atoms with van der Waals surface area (Å²) in [5, 5.41) is 0.